The molecule has 0 spiro atoms. The summed E-state index contributed by atoms with van der Waals surface area (Å²) in [6, 6.07) is 13.6. The molecule has 21 heavy (non-hydrogen) atoms. The lowest BCUT2D eigenvalue weighted by molar-refractivity contribution is 0.894. The molecule has 0 aliphatic heterocycles. The van der Waals surface area contributed by atoms with Crippen molar-refractivity contribution in [1.29, 1.82) is 0 Å². The number of nitrogen functional groups attached to an aromatic ring is 1. The predicted molar refractivity (Wildman–Crippen MR) is 96.5 cm³/mol. The zero-order valence-corrected chi connectivity index (χ0v) is 14.3. The summed E-state index contributed by atoms with van der Waals surface area (Å²) in [6.07, 6.45) is 2.35. The van der Waals surface area contributed by atoms with Gasteiger partial charge in [0.1, 0.15) is 0 Å². The largest absolute Gasteiger partial charge is 0.398 e. The molecule has 0 aliphatic rings. The van der Waals surface area contributed by atoms with Crippen LogP contribution in [0.15, 0.2) is 42.5 Å². The number of nitrogens with two attached hydrogens (primary N) is 1. The van der Waals surface area contributed by atoms with Crippen molar-refractivity contribution in [3.05, 3.63) is 63.6 Å². The van der Waals surface area contributed by atoms with Crippen LogP contribution in [-0.2, 0) is 0 Å². The van der Waals surface area contributed by atoms with E-state index in [1.54, 1.807) is 0 Å². The molecule has 0 fully saturated rings. The van der Waals surface area contributed by atoms with E-state index in [0.717, 1.165) is 27.6 Å². The highest BCUT2D eigenvalue weighted by Gasteiger charge is 2.19. The molecular formula is C17H19Cl2NS. The van der Waals surface area contributed by atoms with E-state index in [4.69, 9.17) is 28.9 Å². The Morgan fingerprint density at radius 2 is 1.86 bits per heavy atom. The molecule has 2 N–H and O–H groups in total. The molecule has 1 unspecified atom stereocenters. The zero-order valence-electron chi connectivity index (χ0n) is 12.0. The molecular weight excluding hydrogens is 321 g/mol. The molecule has 0 radical (unpaired) electrons. The first-order valence-corrected chi connectivity index (χ1v) is 8.85. The highest BCUT2D eigenvalue weighted by Crippen LogP contribution is 2.42. The van der Waals surface area contributed by atoms with E-state index in [1.165, 1.54) is 12.8 Å². The highest BCUT2D eigenvalue weighted by atomic mass is 35.5. The monoisotopic (exact) mass is 339 g/mol. The summed E-state index contributed by atoms with van der Waals surface area (Å²) in [7, 11) is 0. The van der Waals surface area contributed by atoms with Crippen LogP contribution >= 0.6 is 35.0 Å². The number of benzene rings is 2. The average molecular weight is 340 g/mol. The van der Waals surface area contributed by atoms with Gasteiger partial charge in [0.2, 0.25) is 0 Å². The maximum atomic E-state index is 6.39. The van der Waals surface area contributed by atoms with Gasteiger partial charge in [-0.2, -0.15) is 0 Å². The van der Waals surface area contributed by atoms with Crippen molar-refractivity contribution in [2.75, 3.05) is 11.5 Å². The van der Waals surface area contributed by atoms with Crippen molar-refractivity contribution in [3.63, 3.8) is 0 Å². The lowest BCUT2D eigenvalue weighted by Gasteiger charge is -2.21. The first-order chi connectivity index (χ1) is 10.1. The second-order valence-corrected chi connectivity index (χ2v) is 6.96. The van der Waals surface area contributed by atoms with Crippen molar-refractivity contribution in [2.45, 2.75) is 25.0 Å². The van der Waals surface area contributed by atoms with Crippen LogP contribution in [0, 0.1) is 0 Å². The zero-order chi connectivity index (χ0) is 15.2. The average Bonchev–Trinajstić information content (AvgIpc) is 2.48. The summed E-state index contributed by atoms with van der Waals surface area (Å²) in [5, 5.41) is 1.59. The molecule has 1 atom stereocenters. The van der Waals surface area contributed by atoms with E-state index in [9.17, 15) is 0 Å². The van der Waals surface area contributed by atoms with Gasteiger partial charge >= 0.3 is 0 Å². The Bertz CT molecular complexity index is 601. The predicted octanol–water partition coefficient (Wildman–Crippen LogP) is 6.20. The molecule has 1 nitrogen and oxygen atoms in total. The van der Waals surface area contributed by atoms with E-state index >= 15 is 0 Å². The Labute approximate surface area is 140 Å². The van der Waals surface area contributed by atoms with Gasteiger partial charge in [0, 0.05) is 15.7 Å². The van der Waals surface area contributed by atoms with Gasteiger partial charge in [-0.1, -0.05) is 54.7 Å². The minimum absolute atomic E-state index is 0.115. The summed E-state index contributed by atoms with van der Waals surface area (Å²) in [5.74, 6) is 1.07. The van der Waals surface area contributed by atoms with E-state index in [-0.39, 0.29) is 5.25 Å². The van der Waals surface area contributed by atoms with E-state index < -0.39 is 0 Å². The molecule has 0 saturated carbocycles. The normalized spacial score (nSPS) is 12.3. The van der Waals surface area contributed by atoms with Crippen LogP contribution in [0.5, 0.6) is 0 Å². The number of anilines is 1. The fourth-order valence-electron chi connectivity index (χ4n) is 2.15. The van der Waals surface area contributed by atoms with Crippen LogP contribution in [0.4, 0.5) is 5.69 Å². The van der Waals surface area contributed by atoms with Gasteiger partial charge in [-0.15, -0.1) is 11.8 Å². The molecule has 0 aliphatic carbocycles. The van der Waals surface area contributed by atoms with Gasteiger partial charge < -0.3 is 5.73 Å². The fourth-order valence-corrected chi connectivity index (χ4v) is 4.10. The van der Waals surface area contributed by atoms with Gasteiger partial charge in [0.25, 0.3) is 0 Å². The van der Waals surface area contributed by atoms with Crippen LogP contribution in [0.3, 0.4) is 0 Å². The maximum absolute atomic E-state index is 6.39. The molecule has 112 valence electrons. The Morgan fingerprint density at radius 3 is 2.57 bits per heavy atom. The van der Waals surface area contributed by atoms with Crippen molar-refractivity contribution < 1.29 is 0 Å². The van der Waals surface area contributed by atoms with Gasteiger partial charge in [-0.3, -0.25) is 0 Å². The van der Waals surface area contributed by atoms with Gasteiger partial charge in [0.15, 0.2) is 0 Å². The standard InChI is InChI=1S/C17H19Cl2NS/c1-2-3-10-21-17(13-6-4-5-7-15(13)19)14-11-12(18)8-9-16(14)20/h4-9,11,17H,2-3,10,20H2,1H3. The molecule has 4 heteroatoms. The number of hydrogen-bond donors (Lipinski definition) is 1. The van der Waals surface area contributed by atoms with Crippen LogP contribution in [0.25, 0.3) is 0 Å². The van der Waals surface area contributed by atoms with Crippen LogP contribution < -0.4 is 5.73 Å². The Balaban J connectivity index is 2.40. The minimum Gasteiger partial charge on any atom is -0.398 e. The fraction of sp³-hybridized carbons (Fsp3) is 0.294. The second kappa shape index (κ2) is 7.98. The highest BCUT2D eigenvalue weighted by molar-refractivity contribution is 7.99. The molecule has 0 saturated heterocycles. The van der Waals surface area contributed by atoms with Crippen LogP contribution in [0.2, 0.25) is 10.0 Å². The lowest BCUT2D eigenvalue weighted by Crippen LogP contribution is -2.03. The molecule has 2 aromatic rings. The maximum Gasteiger partial charge on any atom is 0.0582 e. The first-order valence-electron chi connectivity index (χ1n) is 7.04. The number of unbranched alkanes of at least 4 members (excludes halogenated alkanes) is 1. The van der Waals surface area contributed by atoms with Gasteiger partial charge in [0.05, 0.1) is 5.25 Å². The molecule has 2 rings (SSSR count). The third-order valence-electron chi connectivity index (χ3n) is 3.30. The summed E-state index contributed by atoms with van der Waals surface area (Å²) in [6.45, 7) is 2.19. The van der Waals surface area contributed by atoms with Crippen molar-refractivity contribution in [1.82, 2.24) is 0 Å². The summed E-state index contributed by atoms with van der Waals surface area (Å²) in [4.78, 5) is 0. The van der Waals surface area contributed by atoms with E-state index in [1.807, 2.05) is 48.2 Å². The SMILES string of the molecule is CCCCSC(c1cc(Cl)ccc1N)c1ccccc1Cl. The van der Waals surface area contributed by atoms with Crippen molar-refractivity contribution >= 4 is 40.7 Å². The third kappa shape index (κ3) is 4.32. The van der Waals surface area contributed by atoms with Crippen LogP contribution in [0.1, 0.15) is 36.1 Å². The molecule has 2 aromatic carbocycles. The second-order valence-electron chi connectivity index (χ2n) is 4.90. The van der Waals surface area contributed by atoms with Gasteiger partial charge in [-0.05, 0) is 47.6 Å². The minimum atomic E-state index is 0.115. The number of thioether (sulfide) groups is 1. The quantitative estimate of drug-likeness (QED) is 0.500. The van der Waals surface area contributed by atoms with E-state index in [0.29, 0.717) is 5.02 Å². The summed E-state index contributed by atoms with van der Waals surface area (Å²) in [5.41, 5.74) is 9.06. The first kappa shape index (κ1) is 16.5. The topological polar surface area (TPSA) is 26.0 Å². The van der Waals surface area contributed by atoms with Crippen molar-refractivity contribution in [3.8, 4) is 0 Å². The van der Waals surface area contributed by atoms with Gasteiger partial charge in [-0.25, -0.2) is 0 Å². The molecule has 0 aromatic heterocycles. The molecule has 0 amide bonds. The lowest BCUT2D eigenvalue weighted by atomic mass is 10.0. The Morgan fingerprint density at radius 1 is 1.10 bits per heavy atom. The number of rotatable bonds is 6. The van der Waals surface area contributed by atoms with Crippen LogP contribution in [-0.4, -0.2) is 5.75 Å². The Kier molecular flexibility index (Phi) is 6.28. The number of halogens is 2. The molecule has 0 heterocycles. The summed E-state index contributed by atoms with van der Waals surface area (Å²) < 4.78 is 0. The Hall–Kier alpha value is -0.830. The molecule has 0 bridgehead atoms. The van der Waals surface area contributed by atoms with E-state index in [2.05, 4.69) is 13.0 Å². The third-order valence-corrected chi connectivity index (χ3v) is 5.25. The smallest absolute Gasteiger partial charge is 0.0582 e. The summed E-state index contributed by atoms with van der Waals surface area (Å²) >= 11 is 14.4. The van der Waals surface area contributed by atoms with Crippen molar-refractivity contribution in [2.24, 2.45) is 0 Å². The number of hydrogen-bond acceptors (Lipinski definition) is 2.